The van der Waals surface area contributed by atoms with E-state index in [-0.39, 0.29) is 18.8 Å². The predicted molar refractivity (Wildman–Crippen MR) is 59.4 cm³/mol. The molecule has 0 amide bonds. The van der Waals surface area contributed by atoms with E-state index in [2.05, 4.69) is 9.97 Å². The van der Waals surface area contributed by atoms with E-state index in [1.165, 1.54) is 6.33 Å². The summed E-state index contributed by atoms with van der Waals surface area (Å²) in [5.74, 6) is -1.00. The summed E-state index contributed by atoms with van der Waals surface area (Å²) < 4.78 is 8.88. The monoisotopic (exact) mass is 289 g/mol. The Kier molecular flexibility index (Phi) is 8.85. The second-order valence-electron chi connectivity index (χ2n) is 2.74. The van der Waals surface area contributed by atoms with Gasteiger partial charge in [-0.2, -0.15) is 0 Å². The SMILES string of the molecule is Cl.N[C@@H](Cc1cnc[nH]1)C(=O)O.O=P(O)(O)O. The van der Waals surface area contributed by atoms with Gasteiger partial charge < -0.3 is 30.5 Å². The van der Waals surface area contributed by atoms with Gasteiger partial charge in [0.05, 0.1) is 6.33 Å². The molecule has 7 N–H and O–H groups in total. The van der Waals surface area contributed by atoms with Gasteiger partial charge in [0, 0.05) is 18.3 Å². The van der Waals surface area contributed by atoms with Crippen molar-refractivity contribution >= 4 is 26.2 Å². The minimum atomic E-state index is -4.64. The molecular formula is C6H13ClN3O6P. The molecule has 0 fully saturated rings. The van der Waals surface area contributed by atoms with Crippen LogP contribution in [0.3, 0.4) is 0 Å². The Hall–Kier alpha value is -0.960. The van der Waals surface area contributed by atoms with Gasteiger partial charge in [0.15, 0.2) is 0 Å². The molecule has 1 aromatic heterocycles. The van der Waals surface area contributed by atoms with Crippen molar-refractivity contribution in [3.63, 3.8) is 0 Å². The van der Waals surface area contributed by atoms with Crippen LogP contribution in [0.25, 0.3) is 0 Å². The Morgan fingerprint density at radius 3 is 2.29 bits per heavy atom. The van der Waals surface area contributed by atoms with Gasteiger partial charge in [-0.1, -0.05) is 0 Å². The minimum Gasteiger partial charge on any atom is -0.480 e. The zero-order valence-electron chi connectivity index (χ0n) is 8.42. The second kappa shape index (κ2) is 8.18. The number of nitrogens with one attached hydrogen (secondary N) is 1. The van der Waals surface area contributed by atoms with Crippen molar-refractivity contribution in [2.75, 3.05) is 0 Å². The first-order chi connectivity index (χ1) is 7.20. The van der Waals surface area contributed by atoms with Gasteiger partial charge >= 0.3 is 13.8 Å². The first kappa shape index (κ1) is 18.4. The van der Waals surface area contributed by atoms with Crippen molar-refractivity contribution in [2.24, 2.45) is 5.73 Å². The van der Waals surface area contributed by atoms with Crippen LogP contribution in [0.1, 0.15) is 5.69 Å². The summed E-state index contributed by atoms with van der Waals surface area (Å²) in [6.07, 6.45) is 3.34. The number of aliphatic carboxylic acids is 1. The molecule has 9 nitrogen and oxygen atoms in total. The van der Waals surface area contributed by atoms with E-state index in [0.717, 1.165) is 5.69 Å². The molecule has 17 heavy (non-hydrogen) atoms. The van der Waals surface area contributed by atoms with Gasteiger partial charge in [0.2, 0.25) is 0 Å². The van der Waals surface area contributed by atoms with Crippen molar-refractivity contribution in [1.82, 2.24) is 9.97 Å². The smallest absolute Gasteiger partial charge is 0.466 e. The van der Waals surface area contributed by atoms with Gasteiger partial charge in [-0.25, -0.2) is 9.55 Å². The van der Waals surface area contributed by atoms with Crippen LogP contribution in [0.15, 0.2) is 12.5 Å². The highest BCUT2D eigenvalue weighted by atomic mass is 35.5. The molecule has 0 saturated carbocycles. The summed E-state index contributed by atoms with van der Waals surface area (Å²) in [5, 5.41) is 8.42. The number of carboxylic acid groups (broad SMARTS) is 1. The number of carboxylic acids is 1. The van der Waals surface area contributed by atoms with E-state index in [1.54, 1.807) is 6.20 Å². The molecular weight excluding hydrogens is 277 g/mol. The van der Waals surface area contributed by atoms with Gasteiger partial charge in [0.1, 0.15) is 6.04 Å². The summed E-state index contributed by atoms with van der Waals surface area (Å²) in [6, 6.07) is -0.851. The van der Waals surface area contributed by atoms with E-state index in [4.69, 9.17) is 30.1 Å². The molecule has 0 aromatic carbocycles. The molecule has 1 heterocycles. The second-order valence-corrected chi connectivity index (χ2v) is 3.77. The highest BCUT2D eigenvalue weighted by Crippen LogP contribution is 2.25. The molecule has 1 atom stereocenters. The number of nitrogens with two attached hydrogens (primary N) is 1. The lowest BCUT2D eigenvalue weighted by atomic mass is 10.2. The normalized spacial score (nSPS) is 11.8. The summed E-state index contributed by atoms with van der Waals surface area (Å²) in [6.45, 7) is 0. The molecule has 0 aliphatic carbocycles. The molecule has 0 unspecified atom stereocenters. The number of imidazole rings is 1. The van der Waals surface area contributed by atoms with Crippen LogP contribution in [-0.4, -0.2) is 41.8 Å². The van der Waals surface area contributed by atoms with Crippen LogP contribution in [-0.2, 0) is 15.8 Å². The van der Waals surface area contributed by atoms with E-state index < -0.39 is 19.8 Å². The zero-order chi connectivity index (χ0) is 12.8. The van der Waals surface area contributed by atoms with Crippen LogP contribution >= 0.6 is 20.2 Å². The fraction of sp³-hybridized carbons (Fsp3) is 0.333. The quantitative estimate of drug-likeness (QED) is 0.379. The van der Waals surface area contributed by atoms with E-state index in [0.29, 0.717) is 0 Å². The summed E-state index contributed by atoms with van der Waals surface area (Å²) in [5.41, 5.74) is 6.00. The summed E-state index contributed by atoms with van der Waals surface area (Å²) in [4.78, 5) is 38.3. The highest BCUT2D eigenvalue weighted by molar-refractivity contribution is 7.45. The van der Waals surface area contributed by atoms with Crippen LogP contribution in [0.4, 0.5) is 0 Å². The maximum absolute atomic E-state index is 10.3. The molecule has 0 saturated heterocycles. The van der Waals surface area contributed by atoms with Crippen LogP contribution in [0.2, 0.25) is 0 Å². The number of carbonyl (C=O) groups is 1. The van der Waals surface area contributed by atoms with Crippen molar-refractivity contribution in [3.8, 4) is 0 Å². The van der Waals surface area contributed by atoms with E-state index >= 15 is 0 Å². The minimum absolute atomic E-state index is 0. The maximum atomic E-state index is 10.3. The average molecular weight is 290 g/mol. The standard InChI is InChI=1S/C6H9N3O2.ClH.H3O4P/c7-5(6(10)11)1-4-2-8-3-9-4;;1-5(2,3)4/h2-3,5H,1,7H2,(H,8,9)(H,10,11);1H;(H3,1,2,3,4)/t5-;;/m0../s1. The Labute approximate surface area is 102 Å². The van der Waals surface area contributed by atoms with Crippen LogP contribution in [0, 0.1) is 0 Å². The van der Waals surface area contributed by atoms with E-state index in [9.17, 15) is 4.79 Å². The number of nitrogens with zero attached hydrogens (tertiary/aromatic N) is 1. The number of halogens is 1. The molecule has 0 bridgehead atoms. The van der Waals surface area contributed by atoms with Gasteiger partial charge in [-0.3, -0.25) is 4.79 Å². The third-order valence-electron chi connectivity index (χ3n) is 1.31. The molecule has 11 heteroatoms. The third-order valence-corrected chi connectivity index (χ3v) is 1.31. The Morgan fingerprint density at radius 1 is 1.53 bits per heavy atom. The molecule has 0 radical (unpaired) electrons. The topological polar surface area (TPSA) is 170 Å². The Morgan fingerprint density at radius 2 is 2.00 bits per heavy atom. The van der Waals surface area contributed by atoms with Gasteiger partial charge in [-0.05, 0) is 0 Å². The number of hydrogen-bond acceptors (Lipinski definition) is 4. The van der Waals surface area contributed by atoms with Crippen molar-refractivity contribution < 1.29 is 29.1 Å². The number of H-pyrrole nitrogens is 1. The lowest BCUT2D eigenvalue weighted by Gasteiger charge is -2.02. The summed E-state index contributed by atoms with van der Waals surface area (Å²) in [7, 11) is -4.64. The number of phosphoric acid groups is 1. The maximum Gasteiger partial charge on any atom is 0.466 e. The number of aromatic nitrogens is 2. The number of hydrogen-bond donors (Lipinski definition) is 6. The molecule has 0 aliphatic heterocycles. The van der Waals surface area contributed by atoms with Crippen molar-refractivity contribution in [3.05, 3.63) is 18.2 Å². The number of rotatable bonds is 3. The molecule has 0 aliphatic rings. The lowest BCUT2D eigenvalue weighted by molar-refractivity contribution is -0.138. The number of aromatic amines is 1. The first-order valence-corrected chi connectivity index (χ1v) is 5.50. The van der Waals surface area contributed by atoms with Crippen molar-refractivity contribution in [2.45, 2.75) is 12.5 Å². The van der Waals surface area contributed by atoms with Crippen molar-refractivity contribution in [1.29, 1.82) is 0 Å². The third kappa shape index (κ3) is 13.0. The average Bonchev–Trinajstić information content (AvgIpc) is 2.53. The van der Waals surface area contributed by atoms with Gasteiger partial charge in [0.25, 0.3) is 0 Å². The Bertz CT molecular complexity index is 358. The first-order valence-electron chi connectivity index (χ1n) is 3.94. The van der Waals surface area contributed by atoms with E-state index in [1.807, 2.05) is 0 Å². The largest absolute Gasteiger partial charge is 0.480 e. The molecule has 100 valence electrons. The fourth-order valence-corrected chi connectivity index (χ4v) is 0.721. The molecule has 0 spiro atoms. The molecule has 1 rings (SSSR count). The van der Waals surface area contributed by atoms with Crippen LogP contribution < -0.4 is 5.73 Å². The molecule has 1 aromatic rings. The summed E-state index contributed by atoms with van der Waals surface area (Å²) >= 11 is 0. The van der Waals surface area contributed by atoms with Gasteiger partial charge in [-0.15, -0.1) is 12.4 Å². The lowest BCUT2D eigenvalue weighted by Crippen LogP contribution is -2.32. The van der Waals surface area contributed by atoms with Crippen LogP contribution in [0.5, 0.6) is 0 Å². The predicted octanol–water partition coefficient (Wildman–Crippen LogP) is -1.14. The zero-order valence-corrected chi connectivity index (χ0v) is 10.1. The Balaban J connectivity index is 0. The fourth-order valence-electron chi connectivity index (χ4n) is 0.721. The highest BCUT2D eigenvalue weighted by Gasteiger charge is 2.11.